The lowest BCUT2D eigenvalue weighted by Crippen LogP contribution is -2.45. The highest BCUT2D eigenvalue weighted by Crippen LogP contribution is 2.50. The van der Waals surface area contributed by atoms with Crippen LogP contribution in [0.25, 0.3) is 11.1 Å². The fourth-order valence-corrected chi connectivity index (χ4v) is 13.1. The van der Waals surface area contributed by atoms with Crippen LogP contribution in [0.4, 0.5) is 0 Å². The molecule has 0 aromatic heterocycles. The van der Waals surface area contributed by atoms with Crippen molar-refractivity contribution < 1.29 is 8.85 Å². The van der Waals surface area contributed by atoms with Crippen molar-refractivity contribution in [1.82, 2.24) is 0 Å². The molecule has 0 bridgehead atoms. The third-order valence-corrected chi connectivity index (χ3v) is 24.8. The molecule has 0 amide bonds. The Morgan fingerprint density at radius 1 is 0.352 bits per heavy atom. The normalized spacial score (nSPS) is 12.6. The summed E-state index contributed by atoms with van der Waals surface area (Å²) in [5.41, 5.74) is 2.31. The summed E-state index contributed by atoms with van der Waals surface area (Å²) in [6.45, 7) is 23.4. The molecule has 0 heterocycles. The molecular formula is C48H56O2P2Si2. The monoisotopic (exact) mass is 782 g/mol. The zero-order valence-electron chi connectivity index (χ0n) is 33.7. The van der Waals surface area contributed by atoms with E-state index in [0.29, 0.717) is 0 Å². The van der Waals surface area contributed by atoms with Gasteiger partial charge in [0, 0.05) is 11.1 Å². The molecule has 0 spiro atoms. The van der Waals surface area contributed by atoms with Gasteiger partial charge in [0.15, 0.2) is 0 Å². The molecule has 0 saturated heterocycles. The molecule has 0 saturated carbocycles. The Hall–Kier alpha value is -3.79. The quantitative estimate of drug-likeness (QED) is 0.0963. The van der Waals surface area contributed by atoms with E-state index in [4.69, 9.17) is 8.85 Å². The van der Waals surface area contributed by atoms with Crippen molar-refractivity contribution in [2.45, 2.75) is 77.8 Å². The lowest BCUT2D eigenvalue weighted by molar-refractivity contribution is 0.488. The van der Waals surface area contributed by atoms with Crippen molar-refractivity contribution in [3.8, 4) is 22.6 Å². The van der Waals surface area contributed by atoms with E-state index in [-0.39, 0.29) is 10.1 Å². The average Bonchev–Trinajstić information content (AvgIpc) is 3.13. The highest BCUT2D eigenvalue weighted by Gasteiger charge is 2.42. The summed E-state index contributed by atoms with van der Waals surface area (Å²) in [5, 5.41) is 7.80. The second-order valence-electron chi connectivity index (χ2n) is 17.0. The van der Waals surface area contributed by atoms with E-state index >= 15 is 0 Å². The summed E-state index contributed by atoms with van der Waals surface area (Å²) in [5.74, 6) is 1.89. The molecule has 0 unspecified atom stereocenters. The van der Waals surface area contributed by atoms with Crippen LogP contribution in [0.3, 0.4) is 0 Å². The molecule has 0 N–H and O–H groups in total. The minimum atomic E-state index is -2.31. The molecule has 0 radical (unpaired) electrons. The SMILES string of the molecule is CC(C)(C)[Si](C)(C)Oc1cccc(P(c2ccccc2)c2ccccc2)c1-c1c(O[Si](C)(C)C(C)(C)C)cccc1P(c1ccccc1)c1ccccc1. The van der Waals surface area contributed by atoms with Gasteiger partial charge in [-0.3, -0.25) is 0 Å². The average molecular weight is 783 g/mol. The first-order chi connectivity index (χ1) is 25.6. The molecule has 278 valence electrons. The van der Waals surface area contributed by atoms with Crippen LogP contribution in [0.5, 0.6) is 11.5 Å². The number of hydrogen-bond acceptors (Lipinski definition) is 2. The summed E-state index contributed by atoms with van der Waals surface area (Å²) in [4.78, 5) is 0. The van der Waals surface area contributed by atoms with Gasteiger partial charge in [0.1, 0.15) is 11.5 Å². The lowest BCUT2D eigenvalue weighted by atomic mass is 10.0. The van der Waals surface area contributed by atoms with Crippen LogP contribution in [-0.4, -0.2) is 16.6 Å². The molecule has 54 heavy (non-hydrogen) atoms. The summed E-state index contributed by atoms with van der Waals surface area (Å²) in [6.07, 6.45) is 0. The van der Waals surface area contributed by atoms with Crippen LogP contribution in [0, 0.1) is 0 Å². The van der Waals surface area contributed by atoms with Crippen molar-refractivity contribution in [2.75, 3.05) is 0 Å². The number of rotatable bonds is 11. The first-order valence-electron chi connectivity index (χ1n) is 19.0. The molecule has 0 aliphatic heterocycles. The Morgan fingerprint density at radius 2 is 0.611 bits per heavy atom. The van der Waals surface area contributed by atoms with E-state index in [0.717, 1.165) is 22.6 Å². The third kappa shape index (κ3) is 8.54. The number of benzene rings is 6. The van der Waals surface area contributed by atoms with Crippen LogP contribution in [0.1, 0.15) is 41.5 Å². The van der Waals surface area contributed by atoms with Gasteiger partial charge in [0.05, 0.1) is 0 Å². The van der Waals surface area contributed by atoms with Crippen LogP contribution in [0.15, 0.2) is 158 Å². The fourth-order valence-electron chi connectivity index (χ4n) is 6.10. The van der Waals surface area contributed by atoms with Gasteiger partial charge in [-0.25, -0.2) is 0 Å². The minimum absolute atomic E-state index is 0.00452. The van der Waals surface area contributed by atoms with Crippen molar-refractivity contribution in [3.05, 3.63) is 158 Å². The molecule has 0 aliphatic rings. The Kier molecular flexibility index (Phi) is 11.9. The molecule has 0 atom stereocenters. The van der Waals surface area contributed by atoms with E-state index in [1.807, 2.05) is 0 Å². The largest absolute Gasteiger partial charge is 0.543 e. The van der Waals surface area contributed by atoms with Crippen molar-refractivity contribution in [3.63, 3.8) is 0 Å². The predicted molar refractivity (Wildman–Crippen MR) is 245 cm³/mol. The van der Waals surface area contributed by atoms with Gasteiger partial charge < -0.3 is 8.85 Å². The van der Waals surface area contributed by atoms with Crippen LogP contribution < -0.4 is 40.7 Å². The fraction of sp³-hybridized carbons (Fsp3) is 0.250. The van der Waals surface area contributed by atoms with E-state index < -0.39 is 32.5 Å². The number of hydrogen-bond donors (Lipinski definition) is 0. The maximum Gasteiger partial charge on any atom is 0.250 e. The van der Waals surface area contributed by atoms with Gasteiger partial charge in [-0.1, -0.05) is 187 Å². The molecule has 2 nitrogen and oxygen atoms in total. The van der Waals surface area contributed by atoms with E-state index in [9.17, 15) is 0 Å². The summed E-state index contributed by atoms with van der Waals surface area (Å²) < 4.78 is 15.1. The molecule has 0 aliphatic carbocycles. The molecule has 0 fully saturated rings. The van der Waals surface area contributed by atoms with E-state index in [1.165, 1.54) is 31.8 Å². The molecule has 6 aromatic rings. The zero-order valence-corrected chi connectivity index (χ0v) is 37.5. The van der Waals surface area contributed by atoms with Gasteiger partial charge >= 0.3 is 0 Å². The molecule has 6 rings (SSSR count). The summed E-state index contributed by atoms with van der Waals surface area (Å²) in [7, 11) is -6.60. The zero-order chi connectivity index (χ0) is 38.7. The van der Waals surface area contributed by atoms with Gasteiger partial charge in [0.2, 0.25) is 0 Å². The second kappa shape index (κ2) is 16.1. The van der Waals surface area contributed by atoms with Crippen molar-refractivity contribution in [1.29, 1.82) is 0 Å². The first kappa shape index (κ1) is 39.9. The predicted octanol–water partition coefficient (Wildman–Crippen LogP) is 11.6. The van der Waals surface area contributed by atoms with Gasteiger partial charge in [-0.2, -0.15) is 0 Å². The standard InChI is InChI=1S/C48H56O2P2Si2/c1-47(2,3)53(7,8)49-41-33-23-35-43(51(37-25-15-11-16-26-37)38-27-17-12-18-28-38)45(41)46-42(50-54(9,10)48(4,5)6)34-24-36-44(46)52(39-29-19-13-20-30-39)40-31-21-14-22-32-40/h11-36H,1-10H3. The maximum absolute atomic E-state index is 7.53. The Balaban J connectivity index is 1.79. The minimum Gasteiger partial charge on any atom is -0.543 e. The van der Waals surface area contributed by atoms with E-state index in [1.54, 1.807) is 0 Å². The van der Waals surface area contributed by atoms with Crippen molar-refractivity contribution in [2.24, 2.45) is 0 Å². The topological polar surface area (TPSA) is 18.5 Å². The lowest BCUT2D eigenvalue weighted by Gasteiger charge is -2.39. The first-order valence-corrected chi connectivity index (χ1v) is 27.5. The van der Waals surface area contributed by atoms with Gasteiger partial charge in [-0.15, -0.1) is 0 Å². The third-order valence-electron chi connectivity index (χ3n) is 11.1. The smallest absolute Gasteiger partial charge is 0.250 e. The van der Waals surface area contributed by atoms with Crippen LogP contribution >= 0.6 is 15.8 Å². The van der Waals surface area contributed by atoms with Crippen LogP contribution in [-0.2, 0) is 0 Å². The highest BCUT2D eigenvalue weighted by atomic mass is 31.1. The summed E-state index contributed by atoms with van der Waals surface area (Å²) >= 11 is 0. The molecule has 6 heteroatoms. The Morgan fingerprint density at radius 3 is 0.852 bits per heavy atom. The van der Waals surface area contributed by atoms with Crippen LogP contribution in [0.2, 0.25) is 36.3 Å². The Bertz CT molecular complexity index is 1910. The second-order valence-corrected chi connectivity index (χ2v) is 30.9. The maximum atomic E-state index is 7.53. The summed E-state index contributed by atoms with van der Waals surface area (Å²) in [6, 6.07) is 57.8. The molecular weight excluding hydrogens is 727 g/mol. The Labute approximate surface area is 329 Å². The molecule has 6 aromatic carbocycles. The highest BCUT2D eigenvalue weighted by molar-refractivity contribution is 7.80. The van der Waals surface area contributed by atoms with Gasteiger partial charge in [0.25, 0.3) is 16.6 Å². The van der Waals surface area contributed by atoms with Crippen molar-refractivity contribution >= 4 is 64.3 Å². The van der Waals surface area contributed by atoms with Gasteiger partial charge in [-0.05, 0) is 96.1 Å². The van der Waals surface area contributed by atoms with E-state index in [2.05, 4.69) is 225 Å².